The second-order valence-electron chi connectivity index (χ2n) is 5.99. The molecule has 3 heterocycles. The van der Waals surface area contributed by atoms with Crippen molar-refractivity contribution in [3.05, 3.63) is 17.5 Å². The van der Waals surface area contributed by atoms with Gasteiger partial charge in [-0.2, -0.15) is 0 Å². The van der Waals surface area contributed by atoms with Crippen LogP contribution in [-0.2, 0) is 6.54 Å². The molecule has 94 valence electrons. The highest BCUT2D eigenvalue weighted by Crippen LogP contribution is 2.41. The van der Waals surface area contributed by atoms with Crippen LogP contribution >= 0.6 is 0 Å². The van der Waals surface area contributed by atoms with Crippen LogP contribution in [0.15, 0.2) is 10.6 Å². The number of nitrogens with zero attached hydrogens (tertiary/aromatic N) is 2. The molecule has 0 aromatic carbocycles. The fourth-order valence-electron chi connectivity index (χ4n) is 3.45. The zero-order valence-corrected chi connectivity index (χ0v) is 10.9. The lowest BCUT2D eigenvalue weighted by Crippen LogP contribution is -2.43. The SMILES string of the molecule is Cc1cc(CN2CC3CNCC3C2(C)C)on1. The third-order valence-corrected chi connectivity index (χ3v) is 4.54. The Morgan fingerprint density at radius 3 is 3.00 bits per heavy atom. The second-order valence-corrected chi connectivity index (χ2v) is 5.99. The number of rotatable bonds is 2. The topological polar surface area (TPSA) is 41.3 Å². The highest BCUT2D eigenvalue weighted by molar-refractivity contribution is 5.08. The van der Waals surface area contributed by atoms with Crippen LogP contribution in [0.1, 0.15) is 25.3 Å². The first-order chi connectivity index (χ1) is 8.07. The molecule has 2 aliphatic heterocycles. The van der Waals surface area contributed by atoms with Gasteiger partial charge in [-0.05, 0) is 39.2 Å². The van der Waals surface area contributed by atoms with Crippen molar-refractivity contribution in [3.63, 3.8) is 0 Å². The van der Waals surface area contributed by atoms with Gasteiger partial charge in [-0.1, -0.05) is 5.16 Å². The largest absolute Gasteiger partial charge is 0.360 e. The Bertz CT molecular complexity index is 413. The van der Waals surface area contributed by atoms with Crippen LogP contribution in [0.2, 0.25) is 0 Å². The Labute approximate surface area is 102 Å². The van der Waals surface area contributed by atoms with Crippen LogP contribution in [0.3, 0.4) is 0 Å². The Morgan fingerprint density at radius 1 is 1.53 bits per heavy atom. The van der Waals surface area contributed by atoms with Crippen LogP contribution in [0.4, 0.5) is 0 Å². The summed E-state index contributed by atoms with van der Waals surface area (Å²) in [4.78, 5) is 2.54. The summed E-state index contributed by atoms with van der Waals surface area (Å²) in [5.74, 6) is 2.56. The van der Waals surface area contributed by atoms with Crippen molar-refractivity contribution in [2.75, 3.05) is 19.6 Å². The molecule has 1 N–H and O–H groups in total. The minimum atomic E-state index is 0.259. The van der Waals surface area contributed by atoms with E-state index in [1.54, 1.807) is 0 Å². The van der Waals surface area contributed by atoms with Gasteiger partial charge < -0.3 is 9.84 Å². The van der Waals surface area contributed by atoms with E-state index in [4.69, 9.17) is 4.52 Å². The standard InChI is InChI=1S/C13H21N3O/c1-9-4-11(17-15-9)8-16-7-10-5-14-6-12(10)13(16,2)3/h4,10,12,14H,5-8H2,1-3H3. The molecule has 4 heteroatoms. The molecule has 0 spiro atoms. The molecule has 0 amide bonds. The van der Waals surface area contributed by atoms with Gasteiger partial charge in [0.1, 0.15) is 0 Å². The first-order valence-electron chi connectivity index (χ1n) is 6.45. The van der Waals surface area contributed by atoms with Gasteiger partial charge in [0, 0.05) is 24.7 Å². The van der Waals surface area contributed by atoms with Gasteiger partial charge in [-0.15, -0.1) is 0 Å². The van der Waals surface area contributed by atoms with Crippen LogP contribution in [0, 0.1) is 18.8 Å². The molecule has 2 atom stereocenters. The molecule has 0 saturated carbocycles. The molecule has 1 aromatic rings. The predicted molar refractivity (Wildman–Crippen MR) is 65.6 cm³/mol. The van der Waals surface area contributed by atoms with Gasteiger partial charge in [0.15, 0.2) is 5.76 Å². The van der Waals surface area contributed by atoms with Gasteiger partial charge in [-0.25, -0.2) is 0 Å². The van der Waals surface area contributed by atoms with E-state index in [-0.39, 0.29) is 5.54 Å². The molecule has 1 aromatic heterocycles. The number of aryl methyl sites for hydroxylation is 1. The van der Waals surface area contributed by atoms with Crippen molar-refractivity contribution >= 4 is 0 Å². The fraction of sp³-hybridized carbons (Fsp3) is 0.769. The molecule has 2 unspecified atom stereocenters. The summed E-state index contributed by atoms with van der Waals surface area (Å²) in [6.45, 7) is 11.1. The highest BCUT2D eigenvalue weighted by atomic mass is 16.5. The number of hydrogen-bond acceptors (Lipinski definition) is 4. The van der Waals surface area contributed by atoms with Crippen LogP contribution < -0.4 is 5.32 Å². The summed E-state index contributed by atoms with van der Waals surface area (Å²) in [7, 11) is 0. The molecule has 2 aliphatic rings. The molecular weight excluding hydrogens is 214 g/mol. The van der Waals surface area contributed by atoms with Crippen LogP contribution in [-0.4, -0.2) is 35.2 Å². The normalized spacial score (nSPS) is 31.9. The van der Waals surface area contributed by atoms with E-state index < -0.39 is 0 Å². The van der Waals surface area contributed by atoms with Gasteiger partial charge >= 0.3 is 0 Å². The molecule has 0 bridgehead atoms. The molecular formula is C13H21N3O. The summed E-state index contributed by atoms with van der Waals surface area (Å²) >= 11 is 0. The molecule has 17 heavy (non-hydrogen) atoms. The van der Waals surface area contributed by atoms with E-state index in [2.05, 4.69) is 29.2 Å². The van der Waals surface area contributed by atoms with E-state index in [0.29, 0.717) is 0 Å². The lowest BCUT2D eigenvalue weighted by molar-refractivity contribution is 0.119. The third-order valence-electron chi connectivity index (χ3n) is 4.54. The Balaban J connectivity index is 1.76. The summed E-state index contributed by atoms with van der Waals surface area (Å²) in [6, 6.07) is 2.04. The summed E-state index contributed by atoms with van der Waals surface area (Å²) in [6.07, 6.45) is 0. The Hall–Kier alpha value is -0.870. The molecule has 4 nitrogen and oxygen atoms in total. The number of fused-ring (bicyclic) bond motifs is 1. The lowest BCUT2D eigenvalue weighted by atomic mass is 9.85. The smallest absolute Gasteiger partial charge is 0.150 e. The molecule has 0 radical (unpaired) electrons. The summed E-state index contributed by atoms with van der Waals surface area (Å²) in [5, 5.41) is 7.47. The summed E-state index contributed by atoms with van der Waals surface area (Å²) < 4.78 is 5.33. The zero-order valence-electron chi connectivity index (χ0n) is 10.9. The Morgan fingerprint density at radius 2 is 2.35 bits per heavy atom. The van der Waals surface area contributed by atoms with E-state index in [9.17, 15) is 0 Å². The molecule has 2 saturated heterocycles. The maximum atomic E-state index is 5.33. The first kappa shape index (κ1) is 11.2. The Kier molecular flexibility index (Phi) is 2.52. The monoisotopic (exact) mass is 235 g/mol. The zero-order chi connectivity index (χ0) is 12.0. The fourth-order valence-corrected chi connectivity index (χ4v) is 3.45. The van der Waals surface area contributed by atoms with Crippen LogP contribution in [0.25, 0.3) is 0 Å². The third kappa shape index (κ3) is 1.79. The quantitative estimate of drug-likeness (QED) is 0.841. The average molecular weight is 235 g/mol. The van der Waals surface area contributed by atoms with Gasteiger partial charge in [0.2, 0.25) is 0 Å². The molecule has 3 rings (SSSR count). The maximum absolute atomic E-state index is 5.33. The lowest BCUT2D eigenvalue weighted by Gasteiger charge is -2.34. The second kappa shape index (κ2) is 3.82. The van der Waals surface area contributed by atoms with Crippen LogP contribution in [0.5, 0.6) is 0 Å². The number of hydrogen-bond donors (Lipinski definition) is 1. The first-order valence-corrected chi connectivity index (χ1v) is 6.45. The van der Waals surface area contributed by atoms with Crippen molar-refractivity contribution in [2.45, 2.75) is 32.9 Å². The molecule has 2 fully saturated rings. The van der Waals surface area contributed by atoms with E-state index in [1.165, 1.54) is 13.1 Å². The average Bonchev–Trinajstić information content (AvgIpc) is 2.90. The van der Waals surface area contributed by atoms with Gasteiger partial charge in [0.05, 0.1) is 12.2 Å². The number of nitrogens with one attached hydrogen (secondary N) is 1. The van der Waals surface area contributed by atoms with Crippen molar-refractivity contribution in [2.24, 2.45) is 11.8 Å². The van der Waals surface area contributed by atoms with Crippen molar-refractivity contribution in [1.82, 2.24) is 15.4 Å². The minimum Gasteiger partial charge on any atom is -0.360 e. The van der Waals surface area contributed by atoms with E-state index >= 15 is 0 Å². The van der Waals surface area contributed by atoms with Crippen molar-refractivity contribution in [1.29, 1.82) is 0 Å². The van der Waals surface area contributed by atoms with E-state index in [1.807, 2.05) is 13.0 Å². The summed E-state index contributed by atoms with van der Waals surface area (Å²) in [5.41, 5.74) is 1.23. The van der Waals surface area contributed by atoms with Crippen molar-refractivity contribution < 1.29 is 4.52 Å². The number of likely N-dealkylation sites (tertiary alicyclic amines) is 1. The van der Waals surface area contributed by atoms with E-state index in [0.717, 1.165) is 36.4 Å². The minimum absolute atomic E-state index is 0.259. The highest BCUT2D eigenvalue weighted by Gasteiger charge is 2.49. The molecule has 0 aliphatic carbocycles. The predicted octanol–water partition coefficient (Wildman–Crippen LogP) is 1.41. The van der Waals surface area contributed by atoms with Gasteiger partial charge in [-0.3, -0.25) is 4.90 Å². The van der Waals surface area contributed by atoms with Crippen molar-refractivity contribution in [3.8, 4) is 0 Å². The maximum Gasteiger partial charge on any atom is 0.150 e. The number of aromatic nitrogens is 1. The van der Waals surface area contributed by atoms with Gasteiger partial charge in [0.25, 0.3) is 0 Å².